The lowest BCUT2D eigenvalue weighted by atomic mass is 10.1. The van der Waals surface area contributed by atoms with Crippen molar-refractivity contribution in [3.8, 4) is 11.5 Å². The number of nitrogens with one attached hydrogen (secondary N) is 2. The number of hydrogen-bond acceptors (Lipinski definition) is 8. The monoisotopic (exact) mass is 463 g/mol. The van der Waals surface area contributed by atoms with E-state index in [0.29, 0.717) is 25.3 Å². The first-order valence-corrected chi connectivity index (χ1v) is 10.5. The van der Waals surface area contributed by atoms with Crippen molar-refractivity contribution in [3.05, 3.63) is 53.3 Å². The molecule has 0 saturated carbocycles. The van der Waals surface area contributed by atoms with E-state index in [1.807, 2.05) is 0 Å². The van der Waals surface area contributed by atoms with Crippen molar-refractivity contribution < 1.29 is 27.4 Å². The van der Waals surface area contributed by atoms with Gasteiger partial charge in [-0.2, -0.15) is 0 Å². The summed E-state index contributed by atoms with van der Waals surface area (Å²) in [5.74, 6) is -3.14. The maximum atomic E-state index is 14.7. The number of morpholine rings is 1. The van der Waals surface area contributed by atoms with Crippen molar-refractivity contribution >= 4 is 17.4 Å². The Morgan fingerprint density at radius 1 is 1.09 bits per heavy atom. The summed E-state index contributed by atoms with van der Waals surface area (Å²) < 4.78 is 54.0. The van der Waals surface area contributed by atoms with E-state index >= 15 is 0 Å². The molecule has 0 spiro atoms. The fourth-order valence-corrected chi connectivity index (χ4v) is 3.43. The number of benzene rings is 2. The molecule has 176 valence electrons. The summed E-state index contributed by atoms with van der Waals surface area (Å²) in [6.45, 7) is 5.86. The van der Waals surface area contributed by atoms with Gasteiger partial charge in [0, 0.05) is 26.2 Å². The molecule has 0 aliphatic carbocycles. The lowest BCUT2D eigenvalue weighted by Gasteiger charge is -2.26. The first kappa shape index (κ1) is 23.0. The summed E-state index contributed by atoms with van der Waals surface area (Å²) in [4.78, 5) is 2.22. The van der Waals surface area contributed by atoms with Gasteiger partial charge in [-0.05, 0) is 36.8 Å². The third-order valence-electron chi connectivity index (χ3n) is 5.29. The molecule has 3 N–H and O–H groups in total. The minimum Gasteiger partial charge on any atom is -0.403 e. The minimum atomic E-state index is -1.22. The second-order valence-corrected chi connectivity index (χ2v) is 7.62. The summed E-state index contributed by atoms with van der Waals surface area (Å²) in [6.07, 6.45) is -0.873. The molecule has 1 fully saturated rings. The molecule has 0 radical (unpaired) electrons. The zero-order valence-electron chi connectivity index (χ0n) is 17.9. The zero-order chi connectivity index (χ0) is 23.4. The number of nitrogens with zero attached hydrogens (tertiary/aromatic N) is 3. The van der Waals surface area contributed by atoms with Crippen molar-refractivity contribution in [2.75, 3.05) is 50.0 Å². The molecule has 0 amide bonds. The summed E-state index contributed by atoms with van der Waals surface area (Å²) in [5, 5.41) is 23.0. The average molecular weight is 463 g/mol. The highest BCUT2D eigenvalue weighted by atomic mass is 19.2. The fourth-order valence-electron chi connectivity index (χ4n) is 3.43. The van der Waals surface area contributed by atoms with E-state index in [1.165, 1.54) is 25.1 Å². The molecule has 1 aliphatic heterocycles. The predicted molar refractivity (Wildman–Crippen MR) is 116 cm³/mol. The fraction of sp³-hybridized carbons (Fsp3) is 0.364. The third-order valence-corrected chi connectivity index (χ3v) is 5.29. The Hall–Kier alpha value is -3.15. The molecule has 4 rings (SSSR count). The normalized spacial score (nSPS) is 15.4. The minimum absolute atomic E-state index is 0.0636. The van der Waals surface area contributed by atoms with Crippen LogP contribution in [0.4, 0.5) is 30.6 Å². The molecule has 11 heteroatoms. The van der Waals surface area contributed by atoms with E-state index in [4.69, 9.17) is 9.15 Å². The highest BCUT2D eigenvalue weighted by Gasteiger charge is 2.21. The van der Waals surface area contributed by atoms with Crippen molar-refractivity contribution in [1.82, 2.24) is 15.1 Å². The van der Waals surface area contributed by atoms with Gasteiger partial charge in [0.1, 0.15) is 5.82 Å². The van der Waals surface area contributed by atoms with Gasteiger partial charge in [0.25, 0.3) is 5.89 Å². The lowest BCUT2D eigenvalue weighted by Crippen LogP contribution is -2.39. The van der Waals surface area contributed by atoms with Gasteiger partial charge >= 0.3 is 6.01 Å². The van der Waals surface area contributed by atoms with Crippen molar-refractivity contribution in [2.45, 2.75) is 13.0 Å². The SMILES string of the molecule is CC(O)c1ccc(Nc2c(-c3nnc(NCCN4CCOCC4)o3)ccc(F)c2F)c(F)c1. The Morgan fingerprint density at radius 2 is 1.88 bits per heavy atom. The average Bonchev–Trinajstić information content (AvgIpc) is 3.27. The van der Waals surface area contributed by atoms with Gasteiger partial charge < -0.3 is 24.9 Å². The number of hydrogen-bond donors (Lipinski definition) is 3. The maximum absolute atomic E-state index is 14.7. The van der Waals surface area contributed by atoms with E-state index in [-0.39, 0.29) is 28.8 Å². The van der Waals surface area contributed by atoms with Crippen LogP contribution < -0.4 is 10.6 Å². The standard InChI is InChI=1S/C22H24F3N5O3/c1-13(31)14-2-5-18(17(24)12-14)27-20-15(3-4-16(23)19(20)25)21-28-29-22(33-21)26-6-7-30-8-10-32-11-9-30/h2-5,12-13,27,31H,6-11H2,1H3,(H,26,29). The van der Waals surface area contributed by atoms with Crippen LogP contribution in [0.1, 0.15) is 18.6 Å². The van der Waals surface area contributed by atoms with Crippen molar-refractivity contribution in [1.29, 1.82) is 0 Å². The van der Waals surface area contributed by atoms with E-state index in [1.54, 1.807) is 0 Å². The van der Waals surface area contributed by atoms with Gasteiger partial charge in [-0.15, -0.1) is 5.10 Å². The number of aliphatic hydroxyl groups is 1. The van der Waals surface area contributed by atoms with Crippen LogP contribution in [0.15, 0.2) is 34.7 Å². The second kappa shape index (κ2) is 10.2. The molecule has 8 nitrogen and oxygen atoms in total. The Morgan fingerprint density at radius 3 is 2.61 bits per heavy atom. The number of halogens is 3. The van der Waals surface area contributed by atoms with Crippen LogP contribution in [-0.2, 0) is 4.74 Å². The topological polar surface area (TPSA) is 95.7 Å². The Labute approximate surface area is 188 Å². The highest BCUT2D eigenvalue weighted by molar-refractivity contribution is 5.78. The van der Waals surface area contributed by atoms with Gasteiger partial charge in [0.15, 0.2) is 11.6 Å². The molecule has 0 bridgehead atoms. The number of ether oxygens (including phenoxy) is 1. The van der Waals surface area contributed by atoms with Crippen molar-refractivity contribution in [3.63, 3.8) is 0 Å². The quantitative estimate of drug-likeness (QED) is 0.466. The molecule has 1 unspecified atom stereocenters. The van der Waals surface area contributed by atoms with Crippen LogP contribution in [0.25, 0.3) is 11.5 Å². The maximum Gasteiger partial charge on any atom is 0.315 e. The summed E-state index contributed by atoms with van der Waals surface area (Å²) in [5.41, 5.74) is -0.0277. The van der Waals surface area contributed by atoms with E-state index in [9.17, 15) is 18.3 Å². The first-order chi connectivity index (χ1) is 15.9. The van der Waals surface area contributed by atoms with Crippen LogP contribution >= 0.6 is 0 Å². The highest BCUT2D eigenvalue weighted by Crippen LogP contribution is 2.35. The van der Waals surface area contributed by atoms with Gasteiger partial charge in [0.2, 0.25) is 0 Å². The largest absolute Gasteiger partial charge is 0.403 e. The zero-order valence-corrected chi connectivity index (χ0v) is 17.9. The van der Waals surface area contributed by atoms with Crippen LogP contribution in [-0.4, -0.2) is 59.6 Å². The van der Waals surface area contributed by atoms with Crippen LogP contribution in [0.2, 0.25) is 0 Å². The summed E-state index contributed by atoms with van der Waals surface area (Å²) in [7, 11) is 0. The predicted octanol–water partition coefficient (Wildman–Crippen LogP) is 3.69. The van der Waals surface area contributed by atoms with E-state index in [0.717, 1.165) is 31.8 Å². The van der Waals surface area contributed by atoms with E-state index < -0.39 is 23.6 Å². The van der Waals surface area contributed by atoms with Gasteiger partial charge in [0.05, 0.1) is 36.3 Å². The smallest absolute Gasteiger partial charge is 0.315 e. The molecule has 2 heterocycles. The van der Waals surface area contributed by atoms with Crippen LogP contribution in [0.5, 0.6) is 0 Å². The number of aromatic nitrogens is 2. The second-order valence-electron chi connectivity index (χ2n) is 7.62. The van der Waals surface area contributed by atoms with E-state index in [2.05, 4.69) is 25.7 Å². The van der Waals surface area contributed by atoms with Crippen LogP contribution in [0.3, 0.4) is 0 Å². The molecule has 1 aromatic heterocycles. The lowest BCUT2D eigenvalue weighted by molar-refractivity contribution is 0.0398. The number of rotatable bonds is 8. The molecule has 1 saturated heterocycles. The Balaban J connectivity index is 1.52. The molecule has 1 atom stereocenters. The van der Waals surface area contributed by atoms with Gasteiger partial charge in [-0.25, -0.2) is 13.2 Å². The third kappa shape index (κ3) is 5.44. The number of anilines is 3. The molecular weight excluding hydrogens is 439 g/mol. The summed E-state index contributed by atoms with van der Waals surface area (Å²) >= 11 is 0. The summed E-state index contributed by atoms with van der Waals surface area (Å²) in [6, 6.07) is 6.26. The molecule has 1 aliphatic rings. The van der Waals surface area contributed by atoms with Gasteiger partial charge in [-0.1, -0.05) is 11.2 Å². The molecule has 33 heavy (non-hydrogen) atoms. The Bertz CT molecular complexity index is 1100. The first-order valence-electron chi connectivity index (χ1n) is 10.5. The molecular formula is C22H24F3N5O3. The molecule has 2 aromatic carbocycles. The van der Waals surface area contributed by atoms with Crippen LogP contribution in [0, 0.1) is 17.5 Å². The van der Waals surface area contributed by atoms with Crippen molar-refractivity contribution in [2.24, 2.45) is 0 Å². The molecule has 3 aromatic rings. The number of aliphatic hydroxyl groups excluding tert-OH is 1. The Kier molecular flexibility index (Phi) is 7.11. The van der Waals surface area contributed by atoms with Gasteiger partial charge in [-0.3, -0.25) is 4.90 Å².